The van der Waals surface area contributed by atoms with Crippen molar-refractivity contribution in [2.45, 2.75) is 40.2 Å². The standard InChI is InChI=1S/C23H27N3O3/c1-5-23(4,15(2)27)14-24-21(28)17-10-12-18(13-11-17)26-16(3)25-20-9-7-6-8-19(20)22(26)29/h6-13,15,27H,5,14H2,1-4H3,(H,24,28)/t15-,23-/m0/s1. The summed E-state index contributed by atoms with van der Waals surface area (Å²) in [7, 11) is 0. The zero-order valence-electron chi connectivity index (χ0n) is 17.3. The highest BCUT2D eigenvalue weighted by atomic mass is 16.3. The molecule has 6 heteroatoms. The molecule has 0 saturated carbocycles. The van der Waals surface area contributed by atoms with Gasteiger partial charge in [-0.25, -0.2) is 4.98 Å². The molecule has 3 aromatic rings. The van der Waals surface area contributed by atoms with Gasteiger partial charge in [-0.2, -0.15) is 0 Å². The van der Waals surface area contributed by atoms with Gasteiger partial charge in [-0.05, 0) is 56.7 Å². The molecular formula is C23H27N3O3. The smallest absolute Gasteiger partial charge is 0.265 e. The van der Waals surface area contributed by atoms with Crippen molar-refractivity contribution < 1.29 is 9.90 Å². The molecule has 0 unspecified atom stereocenters. The molecule has 0 aliphatic heterocycles. The molecule has 0 saturated heterocycles. The van der Waals surface area contributed by atoms with E-state index in [4.69, 9.17) is 0 Å². The van der Waals surface area contributed by atoms with Crippen LogP contribution in [-0.2, 0) is 0 Å². The summed E-state index contributed by atoms with van der Waals surface area (Å²) in [5.74, 6) is 0.374. The fourth-order valence-corrected chi connectivity index (χ4v) is 3.26. The Balaban J connectivity index is 1.85. The first-order valence-electron chi connectivity index (χ1n) is 9.82. The number of hydrogen-bond donors (Lipinski definition) is 2. The summed E-state index contributed by atoms with van der Waals surface area (Å²) in [6.07, 6.45) is 0.228. The SMILES string of the molecule is CC[C@@](C)(CNC(=O)c1ccc(-n2c(C)nc3ccccc3c2=O)cc1)[C@H](C)O. The summed E-state index contributed by atoms with van der Waals surface area (Å²) in [6.45, 7) is 7.85. The molecule has 2 N–H and O–H groups in total. The Labute approximate surface area is 170 Å². The number of nitrogens with zero attached hydrogens (tertiary/aromatic N) is 2. The number of rotatable bonds is 6. The van der Waals surface area contributed by atoms with Crippen LogP contribution in [-0.4, -0.2) is 33.2 Å². The Kier molecular flexibility index (Phi) is 5.84. The van der Waals surface area contributed by atoms with E-state index in [2.05, 4.69) is 10.3 Å². The minimum Gasteiger partial charge on any atom is -0.393 e. The average molecular weight is 393 g/mol. The second kappa shape index (κ2) is 8.17. The minimum absolute atomic E-state index is 0.138. The van der Waals surface area contributed by atoms with Crippen LogP contribution in [0.25, 0.3) is 16.6 Å². The van der Waals surface area contributed by atoms with Crippen LogP contribution in [0.4, 0.5) is 0 Å². The van der Waals surface area contributed by atoms with Gasteiger partial charge in [0.15, 0.2) is 0 Å². The van der Waals surface area contributed by atoms with Gasteiger partial charge in [-0.3, -0.25) is 14.2 Å². The van der Waals surface area contributed by atoms with Gasteiger partial charge in [0.05, 0.1) is 22.7 Å². The maximum Gasteiger partial charge on any atom is 0.265 e. The number of aryl methyl sites for hydroxylation is 1. The fraction of sp³-hybridized carbons (Fsp3) is 0.348. The second-order valence-corrected chi connectivity index (χ2v) is 7.73. The molecule has 0 radical (unpaired) electrons. The number of fused-ring (bicyclic) bond motifs is 1. The van der Waals surface area contributed by atoms with Crippen LogP contribution in [0.2, 0.25) is 0 Å². The van der Waals surface area contributed by atoms with Gasteiger partial charge in [0.25, 0.3) is 11.5 Å². The molecule has 0 aliphatic rings. The van der Waals surface area contributed by atoms with Crippen molar-refractivity contribution in [3.8, 4) is 5.69 Å². The number of aliphatic hydroxyl groups excluding tert-OH is 1. The van der Waals surface area contributed by atoms with E-state index in [1.54, 1.807) is 48.7 Å². The lowest BCUT2D eigenvalue weighted by Gasteiger charge is -2.31. The molecule has 0 spiro atoms. The van der Waals surface area contributed by atoms with Crippen LogP contribution in [0, 0.1) is 12.3 Å². The molecule has 2 aromatic carbocycles. The lowest BCUT2D eigenvalue weighted by atomic mass is 9.82. The molecule has 6 nitrogen and oxygen atoms in total. The first-order valence-corrected chi connectivity index (χ1v) is 9.82. The number of para-hydroxylation sites is 1. The molecule has 0 fully saturated rings. The van der Waals surface area contributed by atoms with Crippen LogP contribution in [0.1, 0.15) is 43.4 Å². The van der Waals surface area contributed by atoms with Crippen LogP contribution < -0.4 is 10.9 Å². The van der Waals surface area contributed by atoms with Crippen molar-refractivity contribution in [3.63, 3.8) is 0 Å². The van der Waals surface area contributed by atoms with Crippen molar-refractivity contribution in [2.75, 3.05) is 6.54 Å². The van der Waals surface area contributed by atoms with Gasteiger partial charge in [0.1, 0.15) is 5.82 Å². The topological polar surface area (TPSA) is 84.2 Å². The Morgan fingerprint density at radius 3 is 2.48 bits per heavy atom. The lowest BCUT2D eigenvalue weighted by molar-refractivity contribution is 0.0473. The Morgan fingerprint density at radius 1 is 1.21 bits per heavy atom. The van der Waals surface area contributed by atoms with Crippen molar-refractivity contribution in [3.05, 3.63) is 70.3 Å². The molecule has 2 atom stereocenters. The first kappa shape index (κ1) is 20.7. The van der Waals surface area contributed by atoms with Gasteiger partial charge in [0, 0.05) is 17.5 Å². The first-order chi connectivity index (χ1) is 13.8. The maximum absolute atomic E-state index is 12.9. The molecule has 0 bridgehead atoms. The van der Waals surface area contributed by atoms with Crippen molar-refractivity contribution in [2.24, 2.45) is 5.41 Å². The van der Waals surface area contributed by atoms with Gasteiger partial charge in [-0.15, -0.1) is 0 Å². The van der Waals surface area contributed by atoms with Gasteiger partial charge >= 0.3 is 0 Å². The van der Waals surface area contributed by atoms with Gasteiger partial charge in [-0.1, -0.05) is 26.0 Å². The molecule has 1 aromatic heterocycles. The maximum atomic E-state index is 12.9. The highest BCUT2D eigenvalue weighted by Crippen LogP contribution is 2.24. The minimum atomic E-state index is -0.523. The van der Waals surface area contributed by atoms with Crippen molar-refractivity contribution >= 4 is 16.8 Å². The number of carbonyl (C=O) groups excluding carboxylic acids is 1. The largest absolute Gasteiger partial charge is 0.393 e. The van der Waals surface area contributed by atoms with E-state index in [-0.39, 0.29) is 16.9 Å². The third-order valence-corrected chi connectivity index (χ3v) is 5.80. The Bertz CT molecular complexity index is 1090. The van der Waals surface area contributed by atoms with E-state index in [0.717, 1.165) is 6.42 Å². The fourth-order valence-electron chi connectivity index (χ4n) is 3.26. The zero-order valence-corrected chi connectivity index (χ0v) is 17.3. The highest BCUT2D eigenvalue weighted by molar-refractivity contribution is 5.94. The van der Waals surface area contributed by atoms with Gasteiger partial charge in [0.2, 0.25) is 0 Å². The van der Waals surface area contributed by atoms with E-state index in [9.17, 15) is 14.7 Å². The summed E-state index contributed by atoms with van der Waals surface area (Å²) in [5, 5.41) is 13.4. The molecule has 1 amide bonds. The number of amides is 1. The van der Waals surface area contributed by atoms with E-state index in [0.29, 0.717) is 34.5 Å². The Hall–Kier alpha value is -2.99. The summed E-state index contributed by atoms with van der Waals surface area (Å²) in [5.41, 5.74) is 1.30. The quantitative estimate of drug-likeness (QED) is 0.673. The highest BCUT2D eigenvalue weighted by Gasteiger charge is 2.28. The Morgan fingerprint density at radius 2 is 1.86 bits per heavy atom. The molecule has 1 heterocycles. The lowest BCUT2D eigenvalue weighted by Crippen LogP contribution is -2.41. The van der Waals surface area contributed by atoms with E-state index in [1.807, 2.05) is 32.0 Å². The number of aromatic nitrogens is 2. The van der Waals surface area contributed by atoms with Crippen LogP contribution >= 0.6 is 0 Å². The predicted molar refractivity (Wildman–Crippen MR) is 114 cm³/mol. The number of benzene rings is 2. The number of hydrogen-bond acceptors (Lipinski definition) is 4. The average Bonchev–Trinajstić information content (AvgIpc) is 2.72. The van der Waals surface area contributed by atoms with Crippen LogP contribution in [0.5, 0.6) is 0 Å². The molecule has 29 heavy (non-hydrogen) atoms. The summed E-state index contributed by atoms with van der Waals surface area (Å²) in [4.78, 5) is 29.9. The summed E-state index contributed by atoms with van der Waals surface area (Å²) < 4.78 is 1.55. The van der Waals surface area contributed by atoms with E-state index >= 15 is 0 Å². The van der Waals surface area contributed by atoms with Gasteiger partial charge < -0.3 is 10.4 Å². The number of nitrogens with one attached hydrogen (secondary N) is 1. The third kappa shape index (κ3) is 4.07. The van der Waals surface area contributed by atoms with Crippen molar-refractivity contribution in [1.29, 1.82) is 0 Å². The number of carbonyl (C=O) groups is 1. The monoisotopic (exact) mass is 393 g/mol. The van der Waals surface area contributed by atoms with E-state index < -0.39 is 6.10 Å². The number of aliphatic hydroxyl groups is 1. The normalized spacial score (nSPS) is 14.4. The second-order valence-electron chi connectivity index (χ2n) is 7.73. The van der Waals surface area contributed by atoms with Crippen LogP contribution in [0.15, 0.2) is 53.3 Å². The molecule has 3 rings (SSSR count). The third-order valence-electron chi connectivity index (χ3n) is 5.80. The molecule has 152 valence electrons. The zero-order chi connectivity index (χ0) is 21.2. The van der Waals surface area contributed by atoms with Crippen LogP contribution in [0.3, 0.4) is 0 Å². The van der Waals surface area contributed by atoms with E-state index in [1.165, 1.54) is 0 Å². The van der Waals surface area contributed by atoms with Crippen molar-refractivity contribution in [1.82, 2.24) is 14.9 Å². The molecular weight excluding hydrogens is 366 g/mol. The predicted octanol–water partition coefficient (Wildman–Crippen LogP) is 3.22. The summed E-state index contributed by atoms with van der Waals surface area (Å²) >= 11 is 0. The summed E-state index contributed by atoms with van der Waals surface area (Å²) in [6, 6.07) is 14.1. The molecule has 0 aliphatic carbocycles.